The zero-order valence-corrected chi connectivity index (χ0v) is 9.69. The van der Waals surface area contributed by atoms with Crippen LogP contribution in [0.3, 0.4) is 0 Å². The van der Waals surface area contributed by atoms with E-state index >= 15 is 0 Å². The van der Waals surface area contributed by atoms with Crippen molar-refractivity contribution in [2.24, 2.45) is 5.84 Å². The highest BCUT2D eigenvalue weighted by molar-refractivity contribution is 5.49. The van der Waals surface area contributed by atoms with E-state index in [9.17, 15) is 0 Å². The SMILES string of the molecule is CCCCN(c1cc(NN)ncn1)C1CC1. The third kappa shape index (κ3) is 2.61. The molecule has 5 nitrogen and oxygen atoms in total. The van der Waals surface area contributed by atoms with E-state index in [0.717, 1.165) is 12.4 Å². The number of nitrogens with two attached hydrogens (primary N) is 1. The van der Waals surface area contributed by atoms with E-state index in [1.807, 2.05) is 6.07 Å². The highest BCUT2D eigenvalue weighted by Gasteiger charge is 2.29. The standard InChI is InChI=1S/C11H19N5/c1-2-3-6-16(9-4-5-9)11-7-10(15-12)13-8-14-11/h7-9H,2-6,12H2,1H3,(H,13,14,15). The summed E-state index contributed by atoms with van der Waals surface area (Å²) in [5.74, 6) is 7.01. The van der Waals surface area contributed by atoms with Crippen molar-refractivity contribution in [1.82, 2.24) is 9.97 Å². The average Bonchev–Trinajstić information content (AvgIpc) is 3.14. The summed E-state index contributed by atoms with van der Waals surface area (Å²) in [6, 6.07) is 2.58. The number of aromatic nitrogens is 2. The monoisotopic (exact) mass is 221 g/mol. The Morgan fingerprint density at radius 3 is 2.94 bits per heavy atom. The Labute approximate surface area is 96.0 Å². The first-order chi connectivity index (χ1) is 7.85. The van der Waals surface area contributed by atoms with Gasteiger partial charge in [-0.15, -0.1) is 0 Å². The molecule has 0 aromatic carbocycles. The molecule has 5 heteroatoms. The smallest absolute Gasteiger partial charge is 0.145 e. The van der Waals surface area contributed by atoms with E-state index in [1.54, 1.807) is 6.33 Å². The van der Waals surface area contributed by atoms with Gasteiger partial charge in [0.15, 0.2) is 0 Å². The lowest BCUT2D eigenvalue weighted by Gasteiger charge is -2.23. The van der Waals surface area contributed by atoms with Gasteiger partial charge < -0.3 is 10.3 Å². The fourth-order valence-corrected chi connectivity index (χ4v) is 1.78. The molecule has 1 fully saturated rings. The Morgan fingerprint density at radius 1 is 1.50 bits per heavy atom. The minimum absolute atomic E-state index is 0.673. The van der Waals surface area contributed by atoms with E-state index in [-0.39, 0.29) is 0 Å². The number of nitrogens with one attached hydrogen (secondary N) is 1. The van der Waals surface area contributed by atoms with Crippen LogP contribution in [0.1, 0.15) is 32.6 Å². The molecule has 88 valence electrons. The first-order valence-corrected chi connectivity index (χ1v) is 5.90. The molecule has 1 aliphatic rings. The van der Waals surface area contributed by atoms with Crippen molar-refractivity contribution in [3.63, 3.8) is 0 Å². The topological polar surface area (TPSA) is 67.1 Å². The van der Waals surface area contributed by atoms with E-state index in [2.05, 4.69) is 27.2 Å². The summed E-state index contributed by atoms with van der Waals surface area (Å²) < 4.78 is 0. The maximum Gasteiger partial charge on any atom is 0.145 e. The normalized spacial score (nSPS) is 14.9. The minimum Gasteiger partial charge on any atom is -0.353 e. The third-order valence-electron chi connectivity index (χ3n) is 2.84. The summed E-state index contributed by atoms with van der Waals surface area (Å²) in [6.07, 6.45) is 6.52. The van der Waals surface area contributed by atoms with Crippen LogP contribution in [0.2, 0.25) is 0 Å². The van der Waals surface area contributed by atoms with Crippen LogP contribution >= 0.6 is 0 Å². The van der Waals surface area contributed by atoms with Gasteiger partial charge >= 0.3 is 0 Å². The molecule has 0 radical (unpaired) electrons. The lowest BCUT2D eigenvalue weighted by atomic mass is 10.3. The van der Waals surface area contributed by atoms with Crippen molar-refractivity contribution in [3.05, 3.63) is 12.4 Å². The lowest BCUT2D eigenvalue weighted by molar-refractivity contribution is 0.703. The molecule has 0 bridgehead atoms. The zero-order valence-electron chi connectivity index (χ0n) is 9.69. The molecule has 3 N–H and O–H groups in total. The van der Waals surface area contributed by atoms with Crippen LogP contribution < -0.4 is 16.2 Å². The molecule has 2 rings (SSSR count). The van der Waals surface area contributed by atoms with E-state index in [0.29, 0.717) is 11.9 Å². The van der Waals surface area contributed by atoms with Crippen LogP contribution in [0, 0.1) is 0 Å². The Balaban J connectivity index is 2.10. The van der Waals surface area contributed by atoms with Gasteiger partial charge in [0.05, 0.1) is 0 Å². The van der Waals surface area contributed by atoms with Gasteiger partial charge in [0.1, 0.15) is 18.0 Å². The Hall–Kier alpha value is -1.36. The first kappa shape index (κ1) is 11.1. The molecule has 1 aromatic rings. The molecule has 0 atom stereocenters. The second-order valence-corrected chi connectivity index (χ2v) is 4.18. The fraction of sp³-hybridized carbons (Fsp3) is 0.636. The Kier molecular flexibility index (Phi) is 3.56. The molecule has 1 saturated carbocycles. The van der Waals surface area contributed by atoms with Crippen LogP contribution in [-0.2, 0) is 0 Å². The molecule has 16 heavy (non-hydrogen) atoms. The summed E-state index contributed by atoms with van der Waals surface area (Å²) in [5.41, 5.74) is 2.56. The zero-order chi connectivity index (χ0) is 11.4. The number of nitrogens with zero attached hydrogens (tertiary/aromatic N) is 3. The molecule has 1 aliphatic carbocycles. The van der Waals surface area contributed by atoms with Gasteiger partial charge in [-0.1, -0.05) is 13.3 Å². The lowest BCUT2D eigenvalue weighted by Crippen LogP contribution is -2.28. The summed E-state index contributed by atoms with van der Waals surface area (Å²) >= 11 is 0. The fourth-order valence-electron chi connectivity index (χ4n) is 1.78. The van der Waals surface area contributed by atoms with Crippen molar-refractivity contribution in [1.29, 1.82) is 0 Å². The van der Waals surface area contributed by atoms with Crippen molar-refractivity contribution in [2.45, 2.75) is 38.6 Å². The van der Waals surface area contributed by atoms with Crippen molar-refractivity contribution >= 4 is 11.6 Å². The summed E-state index contributed by atoms with van der Waals surface area (Å²) in [5, 5.41) is 0. The highest BCUT2D eigenvalue weighted by Crippen LogP contribution is 2.31. The molecule has 0 saturated heterocycles. The predicted octanol–water partition coefficient (Wildman–Crippen LogP) is 1.53. The van der Waals surface area contributed by atoms with Crippen molar-refractivity contribution in [3.8, 4) is 0 Å². The molecule has 0 amide bonds. The first-order valence-electron chi connectivity index (χ1n) is 5.90. The number of hydrogen-bond acceptors (Lipinski definition) is 5. The molecule has 0 unspecified atom stereocenters. The number of rotatable bonds is 6. The van der Waals surface area contributed by atoms with E-state index < -0.39 is 0 Å². The summed E-state index contributed by atoms with van der Waals surface area (Å²) in [4.78, 5) is 10.7. The van der Waals surface area contributed by atoms with Crippen LogP contribution in [0.15, 0.2) is 12.4 Å². The third-order valence-corrected chi connectivity index (χ3v) is 2.84. The second kappa shape index (κ2) is 5.12. The second-order valence-electron chi connectivity index (χ2n) is 4.18. The van der Waals surface area contributed by atoms with E-state index in [4.69, 9.17) is 5.84 Å². The molecular weight excluding hydrogens is 202 g/mol. The summed E-state index contributed by atoms with van der Waals surface area (Å²) in [6.45, 7) is 3.28. The predicted molar refractivity (Wildman–Crippen MR) is 65.1 cm³/mol. The van der Waals surface area contributed by atoms with Gasteiger partial charge in [0.25, 0.3) is 0 Å². The number of nitrogen functional groups attached to an aromatic ring is 1. The number of unbranched alkanes of at least 4 members (excludes halogenated alkanes) is 1. The van der Waals surface area contributed by atoms with Crippen molar-refractivity contribution < 1.29 is 0 Å². The van der Waals surface area contributed by atoms with Gasteiger partial charge in [0, 0.05) is 18.7 Å². The van der Waals surface area contributed by atoms with Gasteiger partial charge in [-0.2, -0.15) is 0 Å². The Bertz CT molecular complexity index is 337. The van der Waals surface area contributed by atoms with Gasteiger partial charge in [0.2, 0.25) is 0 Å². The van der Waals surface area contributed by atoms with Gasteiger partial charge in [-0.3, -0.25) is 0 Å². The van der Waals surface area contributed by atoms with E-state index in [1.165, 1.54) is 25.7 Å². The molecule has 1 aromatic heterocycles. The average molecular weight is 221 g/mol. The van der Waals surface area contributed by atoms with Crippen molar-refractivity contribution in [2.75, 3.05) is 16.9 Å². The molecule has 0 aliphatic heterocycles. The largest absolute Gasteiger partial charge is 0.353 e. The van der Waals surface area contributed by atoms with Gasteiger partial charge in [-0.05, 0) is 19.3 Å². The number of hydrogen-bond donors (Lipinski definition) is 2. The maximum absolute atomic E-state index is 5.35. The maximum atomic E-state index is 5.35. The van der Waals surface area contributed by atoms with Crippen LogP contribution in [0.5, 0.6) is 0 Å². The molecule has 1 heterocycles. The quantitative estimate of drug-likeness (QED) is 0.563. The number of anilines is 2. The van der Waals surface area contributed by atoms with Gasteiger partial charge in [-0.25, -0.2) is 15.8 Å². The Morgan fingerprint density at radius 2 is 2.31 bits per heavy atom. The molecule has 0 spiro atoms. The summed E-state index contributed by atoms with van der Waals surface area (Å²) in [7, 11) is 0. The minimum atomic E-state index is 0.673. The van der Waals surface area contributed by atoms with Crippen LogP contribution in [0.25, 0.3) is 0 Å². The molecular formula is C11H19N5. The van der Waals surface area contributed by atoms with Crippen LogP contribution in [0.4, 0.5) is 11.6 Å². The number of hydrazine groups is 1. The highest BCUT2D eigenvalue weighted by atomic mass is 15.3. The van der Waals surface area contributed by atoms with Crippen LogP contribution in [-0.4, -0.2) is 22.6 Å².